The molecule has 32 heavy (non-hydrogen) atoms. The third-order valence-corrected chi connectivity index (χ3v) is 7.50. The second-order valence-corrected chi connectivity index (χ2v) is 10.2. The molecule has 0 saturated carbocycles. The van der Waals surface area contributed by atoms with Gasteiger partial charge in [0.1, 0.15) is 6.54 Å². The number of carbonyl (C=O) groups is 1. The van der Waals surface area contributed by atoms with Crippen LogP contribution in [0.25, 0.3) is 0 Å². The van der Waals surface area contributed by atoms with Crippen LogP contribution in [0.1, 0.15) is 35.2 Å². The molecule has 0 fully saturated rings. The van der Waals surface area contributed by atoms with E-state index in [1.54, 1.807) is 30.3 Å². The van der Waals surface area contributed by atoms with E-state index >= 15 is 0 Å². The van der Waals surface area contributed by atoms with Crippen molar-refractivity contribution in [3.8, 4) is 0 Å². The van der Waals surface area contributed by atoms with Crippen LogP contribution in [0.15, 0.2) is 71.6 Å². The van der Waals surface area contributed by atoms with Gasteiger partial charge in [0.15, 0.2) is 0 Å². The molecule has 3 aromatic carbocycles. The molecule has 0 saturated heterocycles. The molecule has 0 spiro atoms. The Balaban J connectivity index is 1.88. The van der Waals surface area contributed by atoms with E-state index in [4.69, 9.17) is 11.6 Å². The van der Waals surface area contributed by atoms with Crippen molar-refractivity contribution in [1.29, 1.82) is 0 Å². The van der Waals surface area contributed by atoms with Gasteiger partial charge in [0.2, 0.25) is 5.91 Å². The van der Waals surface area contributed by atoms with E-state index in [2.05, 4.69) is 24.4 Å². The molecule has 1 atom stereocenters. The first-order valence-electron chi connectivity index (χ1n) is 10.3. The Bertz CT molecular complexity index is 1210. The lowest BCUT2D eigenvalue weighted by atomic mass is 9.96. The van der Waals surface area contributed by atoms with Crippen LogP contribution in [0.3, 0.4) is 0 Å². The van der Waals surface area contributed by atoms with E-state index in [0.29, 0.717) is 10.7 Å². The monoisotopic (exact) mass is 470 g/mol. The van der Waals surface area contributed by atoms with Crippen LogP contribution in [0.4, 0.5) is 5.69 Å². The van der Waals surface area contributed by atoms with Crippen molar-refractivity contribution in [3.05, 3.63) is 94.0 Å². The minimum Gasteiger partial charge on any atom is -0.348 e. The summed E-state index contributed by atoms with van der Waals surface area (Å²) in [4.78, 5) is 13.0. The standard InChI is InChI=1S/C25H27ClN2O3S/c1-17-14-19(3)24(15-18(17)2)20(4)27-25(29)16-28(22-8-6-5-7-9-22)32(30,31)23-12-10-21(26)11-13-23/h5-15,20H,16H2,1-4H3,(H,27,29)/t20-/m0/s1. The summed E-state index contributed by atoms with van der Waals surface area (Å²) in [7, 11) is -3.97. The fourth-order valence-corrected chi connectivity index (χ4v) is 5.13. The van der Waals surface area contributed by atoms with Crippen LogP contribution in [0, 0.1) is 20.8 Å². The second kappa shape index (κ2) is 9.76. The van der Waals surface area contributed by atoms with Gasteiger partial charge in [-0.2, -0.15) is 0 Å². The van der Waals surface area contributed by atoms with Crippen LogP contribution in [0.5, 0.6) is 0 Å². The predicted octanol–water partition coefficient (Wildman–Crippen LogP) is 5.34. The van der Waals surface area contributed by atoms with Gasteiger partial charge in [0.05, 0.1) is 16.6 Å². The van der Waals surface area contributed by atoms with Crippen molar-refractivity contribution in [1.82, 2.24) is 5.32 Å². The highest BCUT2D eigenvalue weighted by Gasteiger charge is 2.27. The second-order valence-electron chi connectivity index (χ2n) is 7.88. The molecule has 1 N–H and O–H groups in total. The zero-order valence-electron chi connectivity index (χ0n) is 18.6. The molecule has 0 heterocycles. The largest absolute Gasteiger partial charge is 0.348 e. The van der Waals surface area contributed by atoms with Gasteiger partial charge >= 0.3 is 0 Å². The lowest BCUT2D eigenvalue weighted by Crippen LogP contribution is -2.41. The first kappa shape index (κ1) is 23.8. The van der Waals surface area contributed by atoms with E-state index in [1.165, 1.54) is 29.8 Å². The number of hydrogen-bond acceptors (Lipinski definition) is 3. The number of anilines is 1. The minimum atomic E-state index is -3.97. The third kappa shape index (κ3) is 5.31. The molecule has 168 valence electrons. The Morgan fingerprint density at radius 2 is 1.53 bits per heavy atom. The molecule has 0 radical (unpaired) electrons. The van der Waals surface area contributed by atoms with Crippen LogP contribution in [0.2, 0.25) is 5.02 Å². The number of para-hydroxylation sites is 1. The lowest BCUT2D eigenvalue weighted by Gasteiger charge is -2.25. The van der Waals surface area contributed by atoms with Gasteiger partial charge in [-0.3, -0.25) is 9.10 Å². The van der Waals surface area contributed by atoms with Crippen molar-refractivity contribution in [2.45, 2.75) is 38.6 Å². The number of amides is 1. The Hall–Kier alpha value is -2.83. The van der Waals surface area contributed by atoms with Gasteiger partial charge in [0.25, 0.3) is 10.0 Å². The molecule has 0 aliphatic heterocycles. The number of sulfonamides is 1. The van der Waals surface area contributed by atoms with Crippen molar-refractivity contribution in [3.63, 3.8) is 0 Å². The number of aryl methyl sites for hydroxylation is 3. The van der Waals surface area contributed by atoms with Crippen LogP contribution in [-0.4, -0.2) is 20.9 Å². The molecule has 3 rings (SSSR count). The van der Waals surface area contributed by atoms with Gasteiger partial charge in [-0.15, -0.1) is 0 Å². The van der Waals surface area contributed by atoms with Gasteiger partial charge in [0, 0.05) is 5.02 Å². The Labute approximate surface area is 195 Å². The lowest BCUT2D eigenvalue weighted by molar-refractivity contribution is -0.120. The summed E-state index contributed by atoms with van der Waals surface area (Å²) in [5.41, 5.74) is 4.83. The molecular weight excluding hydrogens is 444 g/mol. The fraction of sp³-hybridized carbons (Fsp3) is 0.240. The van der Waals surface area contributed by atoms with E-state index in [9.17, 15) is 13.2 Å². The fourth-order valence-electron chi connectivity index (χ4n) is 3.59. The molecule has 0 unspecified atom stereocenters. The van der Waals surface area contributed by atoms with E-state index in [-0.39, 0.29) is 17.5 Å². The van der Waals surface area contributed by atoms with Crippen molar-refractivity contribution in [2.75, 3.05) is 10.8 Å². The number of halogens is 1. The third-order valence-electron chi connectivity index (χ3n) is 5.46. The smallest absolute Gasteiger partial charge is 0.264 e. The summed E-state index contributed by atoms with van der Waals surface area (Å²) in [5.74, 6) is -0.392. The summed E-state index contributed by atoms with van der Waals surface area (Å²) < 4.78 is 27.9. The summed E-state index contributed by atoms with van der Waals surface area (Å²) in [5, 5.41) is 3.39. The zero-order valence-corrected chi connectivity index (χ0v) is 20.2. The van der Waals surface area contributed by atoms with Crippen molar-refractivity contribution < 1.29 is 13.2 Å². The number of nitrogens with zero attached hydrogens (tertiary/aromatic N) is 1. The maximum absolute atomic E-state index is 13.4. The summed E-state index contributed by atoms with van der Waals surface area (Å²) in [6, 6.07) is 18.4. The maximum atomic E-state index is 13.4. The molecule has 0 aromatic heterocycles. The Morgan fingerprint density at radius 1 is 0.938 bits per heavy atom. The first-order valence-corrected chi connectivity index (χ1v) is 12.1. The maximum Gasteiger partial charge on any atom is 0.264 e. The molecule has 0 bridgehead atoms. The van der Waals surface area contributed by atoms with Crippen molar-refractivity contribution >= 4 is 33.2 Å². The average Bonchev–Trinajstić information content (AvgIpc) is 2.75. The molecule has 0 aliphatic rings. The molecule has 7 heteroatoms. The van der Waals surface area contributed by atoms with Gasteiger partial charge in [-0.25, -0.2) is 8.42 Å². The van der Waals surface area contributed by atoms with E-state index in [0.717, 1.165) is 21.0 Å². The zero-order chi connectivity index (χ0) is 23.5. The SMILES string of the molecule is Cc1cc(C)c([C@H](C)NC(=O)CN(c2ccccc2)S(=O)(=O)c2ccc(Cl)cc2)cc1C. The van der Waals surface area contributed by atoms with Crippen LogP contribution < -0.4 is 9.62 Å². The van der Waals surface area contributed by atoms with Crippen LogP contribution in [-0.2, 0) is 14.8 Å². The molecule has 5 nitrogen and oxygen atoms in total. The quantitative estimate of drug-likeness (QED) is 0.507. The molecule has 3 aromatic rings. The summed E-state index contributed by atoms with van der Waals surface area (Å²) >= 11 is 5.92. The van der Waals surface area contributed by atoms with E-state index in [1.807, 2.05) is 20.8 Å². The average molecular weight is 471 g/mol. The number of nitrogens with one attached hydrogen (secondary N) is 1. The number of rotatable bonds is 7. The Morgan fingerprint density at radius 3 is 2.16 bits per heavy atom. The van der Waals surface area contributed by atoms with E-state index < -0.39 is 15.9 Å². The summed E-state index contributed by atoms with van der Waals surface area (Å²) in [6.07, 6.45) is 0. The number of hydrogen-bond donors (Lipinski definition) is 1. The van der Waals surface area contributed by atoms with Crippen LogP contribution >= 0.6 is 11.6 Å². The number of benzene rings is 3. The predicted molar refractivity (Wildman–Crippen MR) is 130 cm³/mol. The van der Waals surface area contributed by atoms with Gasteiger partial charge in [-0.05, 0) is 86.3 Å². The topological polar surface area (TPSA) is 66.5 Å². The summed E-state index contributed by atoms with van der Waals surface area (Å²) in [6.45, 7) is 7.64. The molecule has 0 aliphatic carbocycles. The minimum absolute atomic E-state index is 0.0663. The highest BCUT2D eigenvalue weighted by molar-refractivity contribution is 7.92. The Kier molecular flexibility index (Phi) is 7.26. The highest BCUT2D eigenvalue weighted by atomic mass is 35.5. The van der Waals surface area contributed by atoms with Crippen molar-refractivity contribution in [2.24, 2.45) is 0 Å². The molecular formula is C25H27ClN2O3S. The highest BCUT2D eigenvalue weighted by Crippen LogP contribution is 2.25. The number of carbonyl (C=O) groups excluding carboxylic acids is 1. The van der Waals surface area contributed by atoms with Gasteiger partial charge in [-0.1, -0.05) is 41.9 Å². The molecule has 1 amide bonds. The van der Waals surface area contributed by atoms with Gasteiger partial charge < -0.3 is 5.32 Å². The first-order chi connectivity index (χ1) is 15.1. The normalized spacial score (nSPS) is 12.3.